The Morgan fingerprint density at radius 3 is 2.95 bits per heavy atom. The molecule has 0 fully saturated rings. The SMILES string of the molecule is CCNC(C)(CCn1cnc2c1CCCC2)C(N)=O. The highest BCUT2D eigenvalue weighted by molar-refractivity contribution is 5.84. The lowest BCUT2D eigenvalue weighted by Gasteiger charge is -2.27. The fourth-order valence-electron chi connectivity index (χ4n) is 2.76. The predicted molar refractivity (Wildman–Crippen MR) is 74.8 cm³/mol. The summed E-state index contributed by atoms with van der Waals surface area (Å²) in [7, 11) is 0. The molecule has 5 heteroatoms. The highest BCUT2D eigenvalue weighted by Gasteiger charge is 2.30. The molecule has 0 saturated heterocycles. The summed E-state index contributed by atoms with van der Waals surface area (Å²) in [6.07, 6.45) is 7.26. The number of aromatic nitrogens is 2. The Bertz CT molecular complexity index is 454. The van der Waals surface area contributed by atoms with Gasteiger partial charge in [0.05, 0.1) is 17.6 Å². The van der Waals surface area contributed by atoms with Crippen molar-refractivity contribution in [3.63, 3.8) is 0 Å². The van der Waals surface area contributed by atoms with Crippen LogP contribution < -0.4 is 11.1 Å². The molecular weight excluding hydrogens is 240 g/mol. The first-order chi connectivity index (χ1) is 9.07. The largest absolute Gasteiger partial charge is 0.368 e. The molecule has 1 aliphatic carbocycles. The molecule has 19 heavy (non-hydrogen) atoms. The van der Waals surface area contributed by atoms with Gasteiger partial charge in [-0.3, -0.25) is 4.79 Å². The van der Waals surface area contributed by atoms with Crippen molar-refractivity contribution in [1.82, 2.24) is 14.9 Å². The fraction of sp³-hybridized carbons (Fsp3) is 0.714. The molecule has 0 bridgehead atoms. The van der Waals surface area contributed by atoms with Crippen LogP contribution in [0.25, 0.3) is 0 Å². The van der Waals surface area contributed by atoms with E-state index in [0.29, 0.717) is 6.42 Å². The molecule has 0 aromatic carbocycles. The summed E-state index contributed by atoms with van der Waals surface area (Å²) in [5.74, 6) is -0.289. The van der Waals surface area contributed by atoms with Gasteiger partial charge in [0.2, 0.25) is 5.91 Å². The highest BCUT2D eigenvalue weighted by Crippen LogP contribution is 2.21. The van der Waals surface area contributed by atoms with E-state index in [4.69, 9.17) is 5.73 Å². The van der Waals surface area contributed by atoms with Gasteiger partial charge in [-0.25, -0.2) is 4.98 Å². The zero-order chi connectivity index (χ0) is 13.9. The van der Waals surface area contributed by atoms with Crippen molar-refractivity contribution in [3.8, 4) is 0 Å². The van der Waals surface area contributed by atoms with Crippen LogP contribution in [0.2, 0.25) is 0 Å². The predicted octanol–water partition coefficient (Wildman–Crippen LogP) is 1.01. The van der Waals surface area contributed by atoms with Crippen molar-refractivity contribution >= 4 is 5.91 Å². The number of carbonyl (C=O) groups excluding carboxylic acids is 1. The molecule has 2 rings (SSSR count). The van der Waals surface area contributed by atoms with Crippen LogP contribution in [0.3, 0.4) is 0 Å². The van der Waals surface area contributed by atoms with Gasteiger partial charge >= 0.3 is 0 Å². The fourth-order valence-corrected chi connectivity index (χ4v) is 2.76. The Kier molecular flexibility index (Phi) is 4.24. The van der Waals surface area contributed by atoms with Crippen LogP contribution in [0.4, 0.5) is 0 Å². The number of nitrogens with one attached hydrogen (secondary N) is 1. The standard InChI is InChI=1S/C14H24N4O/c1-3-17-14(2,13(15)19)8-9-18-10-16-11-6-4-5-7-12(11)18/h10,17H,3-9H2,1-2H3,(H2,15,19). The topological polar surface area (TPSA) is 72.9 Å². The third kappa shape index (κ3) is 2.97. The van der Waals surface area contributed by atoms with Crippen LogP contribution in [0.15, 0.2) is 6.33 Å². The van der Waals surface area contributed by atoms with Gasteiger partial charge < -0.3 is 15.6 Å². The Morgan fingerprint density at radius 2 is 2.26 bits per heavy atom. The summed E-state index contributed by atoms with van der Waals surface area (Å²) >= 11 is 0. The Morgan fingerprint density at radius 1 is 1.53 bits per heavy atom. The van der Waals surface area contributed by atoms with Gasteiger partial charge in [-0.05, 0) is 45.6 Å². The second-order valence-corrected chi connectivity index (χ2v) is 5.52. The van der Waals surface area contributed by atoms with Gasteiger partial charge in [0.15, 0.2) is 0 Å². The summed E-state index contributed by atoms with van der Waals surface area (Å²) in [4.78, 5) is 16.1. The number of carbonyl (C=O) groups is 1. The Balaban J connectivity index is 2.05. The quantitative estimate of drug-likeness (QED) is 0.805. The Labute approximate surface area is 114 Å². The maximum atomic E-state index is 11.6. The van der Waals surface area contributed by atoms with E-state index >= 15 is 0 Å². The van der Waals surface area contributed by atoms with E-state index in [1.807, 2.05) is 20.2 Å². The van der Waals surface area contributed by atoms with E-state index in [1.165, 1.54) is 24.2 Å². The minimum absolute atomic E-state index is 0.289. The molecule has 1 aliphatic rings. The Hall–Kier alpha value is -1.36. The van der Waals surface area contributed by atoms with Gasteiger partial charge in [0.25, 0.3) is 0 Å². The summed E-state index contributed by atoms with van der Waals surface area (Å²) in [6, 6.07) is 0. The van der Waals surface area contributed by atoms with Gasteiger partial charge in [-0.15, -0.1) is 0 Å². The maximum absolute atomic E-state index is 11.6. The maximum Gasteiger partial charge on any atom is 0.237 e. The van der Waals surface area contributed by atoms with Gasteiger partial charge in [0, 0.05) is 12.2 Å². The van der Waals surface area contributed by atoms with Crippen molar-refractivity contribution in [1.29, 1.82) is 0 Å². The van der Waals surface area contributed by atoms with E-state index < -0.39 is 5.54 Å². The van der Waals surface area contributed by atoms with Gasteiger partial charge in [-0.1, -0.05) is 6.92 Å². The van der Waals surface area contributed by atoms with E-state index in [1.54, 1.807) is 0 Å². The van der Waals surface area contributed by atoms with Crippen LogP contribution in [-0.2, 0) is 24.2 Å². The highest BCUT2D eigenvalue weighted by atomic mass is 16.1. The lowest BCUT2D eigenvalue weighted by Crippen LogP contribution is -2.53. The van der Waals surface area contributed by atoms with E-state index in [2.05, 4.69) is 14.9 Å². The second-order valence-electron chi connectivity index (χ2n) is 5.52. The van der Waals surface area contributed by atoms with Crippen molar-refractivity contribution in [2.75, 3.05) is 6.54 Å². The second kappa shape index (κ2) is 5.74. The van der Waals surface area contributed by atoms with Crippen molar-refractivity contribution in [2.24, 2.45) is 5.73 Å². The van der Waals surface area contributed by atoms with E-state index in [9.17, 15) is 4.79 Å². The molecule has 0 aliphatic heterocycles. The van der Waals surface area contributed by atoms with Crippen molar-refractivity contribution in [3.05, 3.63) is 17.7 Å². The molecule has 1 atom stereocenters. The number of imidazole rings is 1. The average Bonchev–Trinajstić information content (AvgIpc) is 2.80. The molecule has 0 spiro atoms. The lowest BCUT2D eigenvalue weighted by molar-refractivity contribution is -0.124. The minimum atomic E-state index is -0.638. The van der Waals surface area contributed by atoms with Crippen LogP contribution >= 0.6 is 0 Å². The number of nitrogens with zero attached hydrogens (tertiary/aromatic N) is 2. The third-order valence-electron chi connectivity index (χ3n) is 4.07. The summed E-state index contributed by atoms with van der Waals surface area (Å²) < 4.78 is 2.19. The van der Waals surface area contributed by atoms with Crippen LogP contribution in [0, 0.1) is 0 Å². The third-order valence-corrected chi connectivity index (χ3v) is 4.07. The summed E-state index contributed by atoms with van der Waals surface area (Å²) in [6.45, 7) is 5.39. The monoisotopic (exact) mass is 264 g/mol. The molecule has 3 N–H and O–H groups in total. The zero-order valence-electron chi connectivity index (χ0n) is 11.9. The average molecular weight is 264 g/mol. The molecule has 1 amide bonds. The number of hydrogen-bond donors (Lipinski definition) is 2. The first-order valence-electron chi connectivity index (χ1n) is 7.14. The van der Waals surface area contributed by atoms with Crippen molar-refractivity contribution in [2.45, 2.75) is 58.0 Å². The number of hydrogen-bond acceptors (Lipinski definition) is 3. The summed E-state index contributed by atoms with van der Waals surface area (Å²) in [5.41, 5.74) is 7.44. The van der Waals surface area contributed by atoms with Crippen LogP contribution in [0.1, 0.15) is 44.5 Å². The van der Waals surface area contributed by atoms with Crippen LogP contribution in [-0.4, -0.2) is 27.5 Å². The number of rotatable bonds is 6. The lowest BCUT2D eigenvalue weighted by atomic mass is 9.96. The van der Waals surface area contributed by atoms with Gasteiger partial charge in [0.1, 0.15) is 0 Å². The summed E-state index contributed by atoms with van der Waals surface area (Å²) in [5, 5.41) is 3.19. The van der Waals surface area contributed by atoms with Crippen LogP contribution in [0.5, 0.6) is 0 Å². The molecule has 1 heterocycles. The van der Waals surface area contributed by atoms with E-state index in [0.717, 1.165) is 25.9 Å². The minimum Gasteiger partial charge on any atom is -0.368 e. The molecule has 0 saturated carbocycles. The molecule has 106 valence electrons. The number of aryl methyl sites for hydroxylation is 2. The smallest absolute Gasteiger partial charge is 0.237 e. The molecule has 1 unspecified atom stereocenters. The molecule has 5 nitrogen and oxygen atoms in total. The number of nitrogens with two attached hydrogens (primary N) is 1. The van der Waals surface area contributed by atoms with Gasteiger partial charge in [-0.2, -0.15) is 0 Å². The first kappa shape index (κ1) is 14.1. The van der Waals surface area contributed by atoms with E-state index in [-0.39, 0.29) is 5.91 Å². The van der Waals surface area contributed by atoms with Crippen molar-refractivity contribution < 1.29 is 4.79 Å². The number of amides is 1. The number of primary amides is 1. The molecule has 0 radical (unpaired) electrons. The number of fused-ring (bicyclic) bond motifs is 1. The first-order valence-corrected chi connectivity index (χ1v) is 7.14. The molecule has 1 aromatic rings. The number of likely N-dealkylation sites (N-methyl/N-ethyl adjacent to an activating group) is 1. The normalized spacial score (nSPS) is 17.8. The zero-order valence-corrected chi connectivity index (χ0v) is 11.9. The molecular formula is C14H24N4O. The molecule has 1 aromatic heterocycles.